The molecule has 1 aromatic heterocycles. The van der Waals surface area contributed by atoms with Crippen LogP contribution in [0.1, 0.15) is 116 Å². The van der Waals surface area contributed by atoms with Gasteiger partial charge in [-0.1, -0.05) is 90.2 Å². The lowest BCUT2D eigenvalue weighted by Crippen LogP contribution is -2.54. The number of carbonyl (C=O) groups is 2. The average molecular weight is 773 g/mol. The summed E-state index contributed by atoms with van der Waals surface area (Å²) in [5, 5.41) is 0.637. The van der Waals surface area contributed by atoms with Crippen LogP contribution >= 0.6 is 0 Å². The summed E-state index contributed by atoms with van der Waals surface area (Å²) in [6.07, 6.45) is 3.47. The van der Waals surface area contributed by atoms with Gasteiger partial charge in [0.2, 0.25) is 0 Å². The Morgan fingerprint density at radius 3 is 2.47 bits per heavy atom. The summed E-state index contributed by atoms with van der Waals surface area (Å²) < 4.78 is 25.8. The minimum atomic E-state index is -1.21. The predicted octanol–water partition coefficient (Wildman–Crippen LogP) is 10.0. The molecule has 0 radical (unpaired) electrons. The topological polar surface area (TPSA) is 92.0 Å². The summed E-state index contributed by atoms with van der Waals surface area (Å²) in [4.78, 5) is 41.8. The third kappa shape index (κ3) is 7.37. The van der Waals surface area contributed by atoms with Gasteiger partial charge in [0.25, 0.3) is 0 Å². The van der Waals surface area contributed by atoms with Gasteiger partial charge in [0.1, 0.15) is 11.3 Å². The van der Waals surface area contributed by atoms with Gasteiger partial charge in [-0.25, -0.2) is 9.59 Å². The molecule has 5 aliphatic rings. The first-order valence-electron chi connectivity index (χ1n) is 20.7. The second-order valence-electron chi connectivity index (χ2n) is 17.0. The van der Waals surface area contributed by atoms with Crippen molar-refractivity contribution in [3.63, 3.8) is 0 Å². The van der Waals surface area contributed by atoms with Crippen molar-refractivity contribution in [2.75, 3.05) is 0 Å². The number of esters is 2. The van der Waals surface area contributed by atoms with Crippen LogP contribution in [0.4, 0.5) is 0 Å². The quantitative estimate of drug-likeness (QED) is 0.0760. The zero-order valence-corrected chi connectivity index (χ0v) is 33.3. The van der Waals surface area contributed by atoms with Crippen LogP contribution in [-0.2, 0) is 38.3 Å². The van der Waals surface area contributed by atoms with E-state index in [1.54, 1.807) is 12.1 Å². The fourth-order valence-corrected chi connectivity index (χ4v) is 9.72. The number of hydrogen-bond donors (Lipinski definition) is 0. The molecule has 0 fully saturated rings. The van der Waals surface area contributed by atoms with Crippen LogP contribution in [-0.4, -0.2) is 23.6 Å². The van der Waals surface area contributed by atoms with E-state index in [9.17, 15) is 14.4 Å². The first kappa shape index (κ1) is 37.7. The summed E-state index contributed by atoms with van der Waals surface area (Å²) in [6, 6.07) is 32.7. The van der Waals surface area contributed by atoms with Crippen LogP contribution in [0.15, 0.2) is 117 Å². The number of benzene rings is 4. The summed E-state index contributed by atoms with van der Waals surface area (Å²) in [5.41, 5.74) is 7.64. The van der Waals surface area contributed by atoms with Crippen LogP contribution < -0.4 is 10.4 Å². The molecule has 6 unspecified atom stereocenters. The molecule has 0 amide bonds. The van der Waals surface area contributed by atoms with E-state index in [1.165, 1.54) is 33.9 Å². The molecule has 0 spiro atoms. The maximum atomic E-state index is 14.7. The van der Waals surface area contributed by atoms with Crippen molar-refractivity contribution in [1.82, 2.24) is 0 Å². The maximum Gasteiger partial charge on any atom is 0.336 e. The molecule has 7 heteroatoms. The van der Waals surface area contributed by atoms with Crippen molar-refractivity contribution < 1.29 is 28.2 Å². The fraction of sp³-hybridized carbons (Fsp3) is 0.353. The summed E-state index contributed by atoms with van der Waals surface area (Å²) in [7, 11) is 0. The Morgan fingerprint density at radius 2 is 1.62 bits per heavy atom. The SMILES string of the molecule is CC(C)=C1CCc2ccc3c(c2)C2C#CCC4(C)Oc5ccc6ccc(=O)oc6c5C(OC(=O)CC(CCc5cccc(Cc6ccccc6)c5)C3CC2)C4OC1=O. The van der Waals surface area contributed by atoms with Crippen molar-refractivity contribution in [2.45, 2.75) is 108 Å². The minimum absolute atomic E-state index is 0.0109. The first-order chi connectivity index (χ1) is 28.1. The standard InChI is InChI=1S/C51H48O7/c1-31(2)39-21-15-34-16-22-41-40-23-18-36(42(41)29-34)13-8-26-51(3)49(57-50(39)54)48(46-43(58-51)24-19-37-20-25-44(52)55-47(37)46)56-45(53)30-38(40)17-14-33-11-7-12-35(28-33)27-32-9-5-4-6-10-32/h4-7,9-12,16,19-20,22,24-25,28-29,36,38,40,48-49H,14-15,17-18,21,23,26-27,30H2,1-3H3. The normalized spacial score (nSPS) is 25.0. The Bertz CT molecular complexity index is 2570. The lowest BCUT2D eigenvalue weighted by atomic mass is 9.69. The van der Waals surface area contributed by atoms with E-state index in [0.29, 0.717) is 35.1 Å². The van der Waals surface area contributed by atoms with Gasteiger partial charge in [-0.2, -0.15) is 0 Å². The molecule has 58 heavy (non-hydrogen) atoms. The highest BCUT2D eigenvalue weighted by Crippen LogP contribution is 2.50. The number of hydrogen-bond acceptors (Lipinski definition) is 7. The van der Waals surface area contributed by atoms with Gasteiger partial charge in [-0.05, 0) is 129 Å². The van der Waals surface area contributed by atoms with Crippen molar-refractivity contribution in [3.05, 3.63) is 158 Å². The largest absolute Gasteiger partial charge is 0.482 e. The highest BCUT2D eigenvalue weighted by atomic mass is 16.6. The zero-order chi connectivity index (χ0) is 40.0. The molecule has 0 saturated carbocycles. The van der Waals surface area contributed by atoms with E-state index in [2.05, 4.69) is 78.6 Å². The molecule has 1 aliphatic carbocycles. The summed E-state index contributed by atoms with van der Waals surface area (Å²) in [5.74, 6) is 6.69. The Kier molecular flexibility index (Phi) is 10.1. The van der Waals surface area contributed by atoms with Gasteiger partial charge in [-0.15, -0.1) is 0 Å². The Hall–Kier alpha value is -5.87. The van der Waals surface area contributed by atoms with Gasteiger partial charge in [-0.3, -0.25) is 4.79 Å². The Balaban J connectivity index is 1.17. The van der Waals surface area contributed by atoms with E-state index < -0.39 is 35.4 Å². The molecule has 0 saturated heterocycles. The Labute approximate surface area is 339 Å². The van der Waals surface area contributed by atoms with Gasteiger partial charge >= 0.3 is 17.6 Å². The molecule has 0 N–H and O–H groups in total. The number of aryl methyl sites for hydroxylation is 2. The molecule has 7 nitrogen and oxygen atoms in total. The number of carbonyl (C=O) groups excluding carboxylic acids is 2. The van der Waals surface area contributed by atoms with Crippen molar-refractivity contribution in [1.29, 1.82) is 0 Å². The molecular formula is C51H48O7. The predicted molar refractivity (Wildman–Crippen MR) is 223 cm³/mol. The van der Waals surface area contributed by atoms with Gasteiger partial charge in [0, 0.05) is 29.4 Å². The first-order valence-corrected chi connectivity index (χ1v) is 20.7. The second kappa shape index (κ2) is 15.5. The maximum absolute atomic E-state index is 14.7. The van der Waals surface area contributed by atoms with Gasteiger partial charge < -0.3 is 18.6 Å². The lowest BCUT2D eigenvalue weighted by molar-refractivity contribution is -0.190. The molecular weight excluding hydrogens is 725 g/mol. The molecule has 4 aromatic carbocycles. The molecule has 294 valence electrons. The van der Waals surface area contributed by atoms with E-state index in [4.69, 9.17) is 18.6 Å². The van der Waals surface area contributed by atoms with Crippen molar-refractivity contribution >= 4 is 22.9 Å². The zero-order valence-electron chi connectivity index (χ0n) is 33.3. The molecule has 10 rings (SSSR count). The average Bonchev–Trinajstić information content (AvgIpc) is 3.20. The highest BCUT2D eigenvalue weighted by Gasteiger charge is 2.53. The van der Waals surface area contributed by atoms with Crippen molar-refractivity contribution in [2.24, 2.45) is 5.92 Å². The third-order valence-corrected chi connectivity index (χ3v) is 12.8. The van der Waals surface area contributed by atoms with Crippen LogP contribution in [0.5, 0.6) is 5.75 Å². The molecule has 5 heterocycles. The van der Waals surface area contributed by atoms with E-state index in [0.717, 1.165) is 43.2 Å². The molecule has 4 aliphatic heterocycles. The third-order valence-electron chi connectivity index (χ3n) is 12.8. The monoisotopic (exact) mass is 772 g/mol. The van der Waals surface area contributed by atoms with Gasteiger partial charge in [0.15, 0.2) is 17.8 Å². The highest BCUT2D eigenvalue weighted by molar-refractivity contribution is 5.90. The number of allylic oxidation sites excluding steroid dienone is 1. The summed E-state index contributed by atoms with van der Waals surface area (Å²) >= 11 is 0. The molecule has 5 aromatic rings. The summed E-state index contributed by atoms with van der Waals surface area (Å²) in [6.45, 7) is 5.71. The van der Waals surface area contributed by atoms with E-state index in [-0.39, 0.29) is 36.2 Å². The lowest BCUT2D eigenvalue weighted by Gasteiger charge is -2.45. The van der Waals surface area contributed by atoms with Crippen LogP contribution in [0.3, 0.4) is 0 Å². The number of fused-ring (bicyclic) bond motifs is 8. The van der Waals surface area contributed by atoms with E-state index >= 15 is 0 Å². The smallest absolute Gasteiger partial charge is 0.336 e. The minimum Gasteiger partial charge on any atom is -0.482 e. The molecule has 7 bridgehead atoms. The Morgan fingerprint density at radius 1 is 0.810 bits per heavy atom. The number of ether oxygens (including phenoxy) is 3. The van der Waals surface area contributed by atoms with Crippen LogP contribution in [0.2, 0.25) is 0 Å². The van der Waals surface area contributed by atoms with Crippen LogP contribution in [0.25, 0.3) is 11.0 Å². The molecule has 6 atom stereocenters. The number of rotatable bonds is 5. The van der Waals surface area contributed by atoms with Crippen molar-refractivity contribution in [3.8, 4) is 17.6 Å². The van der Waals surface area contributed by atoms with E-state index in [1.807, 2.05) is 32.9 Å². The fourth-order valence-electron chi connectivity index (χ4n) is 9.72. The second-order valence-corrected chi connectivity index (χ2v) is 17.0. The van der Waals surface area contributed by atoms with Gasteiger partial charge in [0.05, 0.1) is 12.0 Å². The van der Waals surface area contributed by atoms with Crippen LogP contribution in [0, 0.1) is 17.8 Å².